The van der Waals surface area contributed by atoms with Crippen LogP contribution in [0.3, 0.4) is 0 Å². The molecule has 2 aromatic carbocycles. The Morgan fingerprint density at radius 1 is 1.17 bits per heavy atom. The summed E-state index contributed by atoms with van der Waals surface area (Å²) in [6.45, 7) is 0. The predicted molar refractivity (Wildman–Crippen MR) is 90.5 cm³/mol. The zero-order valence-corrected chi connectivity index (χ0v) is 13.0. The number of carbonyl (C=O) groups is 1. The maximum atomic E-state index is 12.6. The minimum absolute atomic E-state index is 0.284. The summed E-state index contributed by atoms with van der Waals surface area (Å²) >= 11 is 6.05. The first kappa shape index (κ1) is 15.1. The van der Waals surface area contributed by atoms with E-state index in [9.17, 15) is 9.59 Å². The molecule has 1 aromatic heterocycles. The van der Waals surface area contributed by atoms with Gasteiger partial charge in [-0.25, -0.2) is 0 Å². The number of halogens is 1. The second-order valence-corrected chi connectivity index (χ2v) is 5.27. The van der Waals surface area contributed by atoms with Crippen molar-refractivity contribution in [1.29, 1.82) is 0 Å². The number of hydrogen-bond acceptors (Lipinski definition) is 3. The first-order valence-electron chi connectivity index (χ1n) is 6.86. The number of para-hydroxylation sites is 2. The first-order valence-corrected chi connectivity index (χ1v) is 7.24. The highest BCUT2D eigenvalue weighted by atomic mass is 35.5. The molecule has 0 saturated heterocycles. The number of aromatic amines is 1. The standard InChI is InChI=1S/C17H13ClN2O3/c1-23-16-12(18)6-4-8-14(16)20-17(22)11-9-15(21)19-13-7-3-2-5-10(11)13/h2-9H,1H3,(H,19,21)(H,20,22). The van der Waals surface area contributed by atoms with Crippen LogP contribution in [-0.4, -0.2) is 18.0 Å². The fourth-order valence-corrected chi connectivity index (χ4v) is 2.65. The lowest BCUT2D eigenvalue weighted by Crippen LogP contribution is -2.17. The fraction of sp³-hybridized carbons (Fsp3) is 0.0588. The van der Waals surface area contributed by atoms with Crippen molar-refractivity contribution in [1.82, 2.24) is 4.98 Å². The average Bonchev–Trinajstić information content (AvgIpc) is 2.54. The van der Waals surface area contributed by atoms with E-state index in [1.165, 1.54) is 13.2 Å². The number of benzene rings is 2. The summed E-state index contributed by atoms with van der Waals surface area (Å²) < 4.78 is 5.21. The molecule has 0 aliphatic heterocycles. The number of aromatic nitrogens is 1. The van der Waals surface area contributed by atoms with Crippen molar-refractivity contribution in [3.05, 3.63) is 69.5 Å². The molecule has 3 aromatic rings. The SMILES string of the molecule is COc1c(Cl)cccc1NC(=O)c1cc(=O)[nH]c2ccccc12. The molecule has 0 fully saturated rings. The number of pyridine rings is 1. The molecule has 0 aliphatic rings. The van der Waals surface area contributed by atoms with Gasteiger partial charge in [-0.3, -0.25) is 9.59 Å². The van der Waals surface area contributed by atoms with Crippen molar-refractivity contribution in [2.24, 2.45) is 0 Å². The number of methoxy groups -OCH3 is 1. The van der Waals surface area contributed by atoms with E-state index in [4.69, 9.17) is 16.3 Å². The van der Waals surface area contributed by atoms with E-state index in [0.717, 1.165) is 0 Å². The number of anilines is 1. The third kappa shape index (κ3) is 2.91. The number of nitrogens with one attached hydrogen (secondary N) is 2. The Balaban J connectivity index is 2.05. The van der Waals surface area contributed by atoms with Gasteiger partial charge in [0.2, 0.25) is 5.56 Å². The average molecular weight is 329 g/mol. The van der Waals surface area contributed by atoms with Gasteiger partial charge in [0.15, 0.2) is 5.75 Å². The number of amides is 1. The van der Waals surface area contributed by atoms with Gasteiger partial charge in [0.25, 0.3) is 5.91 Å². The van der Waals surface area contributed by atoms with E-state index < -0.39 is 5.91 Å². The number of rotatable bonds is 3. The van der Waals surface area contributed by atoms with Crippen LogP contribution in [0.25, 0.3) is 10.9 Å². The molecule has 0 saturated carbocycles. The number of ether oxygens (including phenoxy) is 1. The molecule has 0 unspecified atom stereocenters. The molecule has 0 aliphatic carbocycles. The van der Waals surface area contributed by atoms with E-state index in [-0.39, 0.29) is 11.1 Å². The van der Waals surface area contributed by atoms with Gasteiger partial charge in [-0.15, -0.1) is 0 Å². The summed E-state index contributed by atoms with van der Waals surface area (Å²) in [6.07, 6.45) is 0. The highest BCUT2D eigenvalue weighted by molar-refractivity contribution is 6.32. The number of hydrogen-bond donors (Lipinski definition) is 2. The van der Waals surface area contributed by atoms with Crippen LogP contribution in [0.5, 0.6) is 5.75 Å². The predicted octanol–water partition coefficient (Wildman–Crippen LogP) is 3.44. The van der Waals surface area contributed by atoms with E-state index >= 15 is 0 Å². The number of H-pyrrole nitrogens is 1. The van der Waals surface area contributed by atoms with Crippen LogP contribution in [0.15, 0.2) is 53.3 Å². The third-order valence-electron chi connectivity index (χ3n) is 3.41. The van der Waals surface area contributed by atoms with Crippen molar-refractivity contribution in [2.45, 2.75) is 0 Å². The van der Waals surface area contributed by atoms with Crippen molar-refractivity contribution in [3.8, 4) is 5.75 Å². The van der Waals surface area contributed by atoms with Crippen LogP contribution in [0, 0.1) is 0 Å². The Morgan fingerprint density at radius 3 is 2.74 bits per heavy atom. The van der Waals surface area contributed by atoms with Gasteiger partial charge in [0.05, 0.1) is 23.4 Å². The summed E-state index contributed by atoms with van der Waals surface area (Å²) in [5, 5.41) is 3.78. The van der Waals surface area contributed by atoms with Gasteiger partial charge >= 0.3 is 0 Å². The molecule has 23 heavy (non-hydrogen) atoms. The zero-order valence-electron chi connectivity index (χ0n) is 12.2. The molecule has 116 valence electrons. The van der Waals surface area contributed by atoms with Gasteiger partial charge in [0, 0.05) is 17.0 Å². The van der Waals surface area contributed by atoms with Crippen molar-refractivity contribution in [3.63, 3.8) is 0 Å². The van der Waals surface area contributed by atoms with Crippen LogP contribution < -0.4 is 15.6 Å². The van der Waals surface area contributed by atoms with Gasteiger partial charge in [-0.2, -0.15) is 0 Å². The van der Waals surface area contributed by atoms with Crippen LogP contribution >= 0.6 is 11.6 Å². The second-order valence-electron chi connectivity index (χ2n) is 4.87. The Bertz CT molecular complexity index is 950. The topological polar surface area (TPSA) is 71.2 Å². The van der Waals surface area contributed by atoms with Crippen LogP contribution in [0.2, 0.25) is 5.02 Å². The summed E-state index contributed by atoms with van der Waals surface area (Å²) in [6, 6.07) is 13.4. The molecule has 0 atom stereocenters. The molecular weight excluding hydrogens is 316 g/mol. The van der Waals surface area contributed by atoms with Gasteiger partial charge in [0.1, 0.15) is 0 Å². The van der Waals surface area contributed by atoms with Crippen LogP contribution in [0.1, 0.15) is 10.4 Å². The Labute approximate surface area is 136 Å². The van der Waals surface area contributed by atoms with Gasteiger partial charge in [-0.05, 0) is 18.2 Å². The van der Waals surface area contributed by atoms with Gasteiger partial charge in [-0.1, -0.05) is 35.9 Å². The Hall–Kier alpha value is -2.79. The first-order chi connectivity index (χ1) is 11.1. The molecule has 1 heterocycles. The van der Waals surface area contributed by atoms with E-state index in [2.05, 4.69) is 10.3 Å². The molecule has 0 bridgehead atoms. The molecule has 2 N–H and O–H groups in total. The molecule has 6 heteroatoms. The molecule has 1 amide bonds. The Kier molecular flexibility index (Phi) is 4.04. The minimum atomic E-state index is -0.409. The molecule has 0 radical (unpaired) electrons. The lowest BCUT2D eigenvalue weighted by atomic mass is 10.1. The maximum Gasteiger partial charge on any atom is 0.256 e. The maximum absolute atomic E-state index is 12.6. The van der Waals surface area contributed by atoms with Crippen LogP contribution in [0.4, 0.5) is 5.69 Å². The third-order valence-corrected chi connectivity index (χ3v) is 3.71. The summed E-state index contributed by atoms with van der Waals surface area (Å²) in [5.74, 6) is -0.0375. The highest BCUT2D eigenvalue weighted by Crippen LogP contribution is 2.32. The lowest BCUT2D eigenvalue weighted by molar-refractivity contribution is 0.102. The lowest BCUT2D eigenvalue weighted by Gasteiger charge is -2.12. The summed E-state index contributed by atoms with van der Waals surface area (Å²) in [7, 11) is 1.47. The van der Waals surface area contributed by atoms with E-state index in [0.29, 0.717) is 27.4 Å². The molecular formula is C17H13ClN2O3. The van der Waals surface area contributed by atoms with Crippen molar-refractivity contribution < 1.29 is 9.53 Å². The minimum Gasteiger partial charge on any atom is -0.493 e. The van der Waals surface area contributed by atoms with E-state index in [1.807, 2.05) is 0 Å². The van der Waals surface area contributed by atoms with Crippen LogP contribution in [-0.2, 0) is 0 Å². The van der Waals surface area contributed by atoms with Crippen molar-refractivity contribution in [2.75, 3.05) is 12.4 Å². The quantitative estimate of drug-likeness (QED) is 0.773. The largest absolute Gasteiger partial charge is 0.493 e. The van der Waals surface area contributed by atoms with Crippen molar-refractivity contribution >= 4 is 34.1 Å². The monoisotopic (exact) mass is 328 g/mol. The molecule has 0 spiro atoms. The summed E-state index contributed by atoms with van der Waals surface area (Å²) in [4.78, 5) is 27.1. The normalized spacial score (nSPS) is 10.5. The summed E-state index contributed by atoms with van der Waals surface area (Å²) in [5.41, 5.74) is 0.982. The Morgan fingerprint density at radius 2 is 1.96 bits per heavy atom. The van der Waals surface area contributed by atoms with Gasteiger partial charge < -0.3 is 15.0 Å². The molecule has 5 nitrogen and oxygen atoms in total. The second kappa shape index (κ2) is 6.14. The van der Waals surface area contributed by atoms with E-state index in [1.54, 1.807) is 42.5 Å². The number of fused-ring (bicyclic) bond motifs is 1. The highest BCUT2D eigenvalue weighted by Gasteiger charge is 2.15. The smallest absolute Gasteiger partial charge is 0.256 e. The zero-order chi connectivity index (χ0) is 16.4. The number of carbonyl (C=O) groups excluding carboxylic acids is 1. The fourth-order valence-electron chi connectivity index (χ4n) is 2.40. The molecule has 3 rings (SSSR count).